The molecule has 2 saturated heterocycles. The van der Waals surface area contributed by atoms with Crippen LogP contribution in [0.5, 0.6) is 0 Å². The molecule has 2 unspecified atom stereocenters. The zero-order chi connectivity index (χ0) is 7.84. The summed E-state index contributed by atoms with van der Waals surface area (Å²) in [5.74, 6) is 0.230. The van der Waals surface area contributed by atoms with Crippen molar-refractivity contribution in [2.24, 2.45) is 0 Å². The van der Waals surface area contributed by atoms with Crippen LogP contribution in [0.4, 0.5) is 0 Å². The molecule has 2 aliphatic heterocycles. The summed E-state index contributed by atoms with van der Waals surface area (Å²) in [4.78, 5) is 13.0. The summed E-state index contributed by atoms with van der Waals surface area (Å²) in [6.45, 7) is 0.862. The molecule has 0 aromatic rings. The quantitative estimate of drug-likeness (QED) is 0.540. The number of rotatable bonds is 0. The molecule has 3 nitrogen and oxygen atoms in total. The Kier molecular flexibility index (Phi) is 1.60. The van der Waals surface area contributed by atoms with Crippen molar-refractivity contribution in [1.82, 2.24) is 4.90 Å². The molecule has 1 N–H and O–H groups in total. The summed E-state index contributed by atoms with van der Waals surface area (Å²) in [6.07, 6.45) is 3.08. The van der Waals surface area contributed by atoms with Crippen molar-refractivity contribution in [2.75, 3.05) is 6.54 Å². The Bertz CT molecular complexity index is 181. The van der Waals surface area contributed by atoms with E-state index in [1.807, 2.05) is 4.90 Å². The summed E-state index contributed by atoms with van der Waals surface area (Å²) in [7, 11) is 0. The highest BCUT2D eigenvalue weighted by Crippen LogP contribution is 2.27. The molecule has 3 heteroatoms. The van der Waals surface area contributed by atoms with Crippen LogP contribution in [0.15, 0.2) is 0 Å². The van der Waals surface area contributed by atoms with E-state index in [1.54, 1.807) is 0 Å². The van der Waals surface area contributed by atoms with Crippen LogP contribution in [0, 0.1) is 0 Å². The van der Waals surface area contributed by atoms with Crippen molar-refractivity contribution in [2.45, 2.75) is 37.8 Å². The third-order valence-corrected chi connectivity index (χ3v) is 2.72. The number of hydrogen-bond donors (Lipinski definition) is 1. The summed E-state index contributed by atoms with van der Waals surface area (Å²) in [6, 6.07) is 0.149. The van der Waals surface area contributed by atoms with Gasteiger partial charge in [0.25, 0.3) is 0 Å². The number of aliphatic hydroxyl groups excluding tert-OH is 1. The van der Waals surface area contributed by atoms with E-state index in [1.165, 1.54) is 0 Å². The van der Waals surface area contributed by atoms with Gasteiger partial charge in [0.1, 0.15) is 0 Å². The Morgan fingerprint density at radius 1 is 1.45 bits per heavy atom. The van der Waals surface area contributed by atoms with Crippen molar-refractivity contribution in [3.63, 3.8) is 0 Å². The van der Waals surface area contributed by atoms with Gasteiger partial charge in [0, 0.05) is 13.0 Å². The highest BCUT2D eigenvalue weighted by Gasteiger charge is 2.37. The highest BCUT2D eigenvalue weighted by atomic mass is 16.3. The van der Waals surface area contributed by atoms with Gasteiger partial charge in [-0.2, -0.15) is 0 Å². The van der Waals surface area contributed by atoms with E-state index < -0.39 is 0 Å². The van der Waals surface area contributed by atoms with Crippen LogP contribution in [0.3, 0.4) is 0 Å². The predicted molar refractivity (Wildman–Crippen MR) is 40.0 cm³/mol. The predicted octanol–water partition coefficient (Wildman–Crippen LogP) is 0.132. The normalized spacial score (nSPS) is 37.5. The van der Waals surface area contributed by atoms with E-state index >= 15 is 0 Å². The maximum absolute atomic E-state index is 11.2. The van der Waals surface area contributed by atoms with Crippen LogP contribution in [0.1, 0.15) is 25.7 Å². The van der Waals surface area contributed by atoms with Gasteiger partial charge in [-0.1, -0.05) is 0 Å². The number of carbonyl (C=O) groups is 1. The van der Waals surface area contributed by atoms with Crippen molar-refractivity contribution >= 4 is 5.91 Å². The topological polar surface area (TPSA) is 40.5 Å². The van der Waals surface area contributed by atoms with Crippen molar-refractivity contribution in [3.8, 4) is 0 Å². The van der Waals surface area contributed by atoms with E-state index in [0.29, 0.717) is 6.42 Å². The van der Waals surface area contributed by atoms with Gasteiger partial charge in [-0.15, -0.1) is 0 Å². The molecular weight excluding hydrogens is 142 g/mol. The minimum Gasteiger partial charge on any atom is -0.391 e. The van der Waals surface area contributed by atoms with Gasteiger partial charge in [0.15, 0.2) is 0 Å². The van der Waals surface area contributed by atoms with Crippen molar-refractivity contribution in [3.05, 3.63) is 0 Å². The minimum atomic E-state index is -0.254. The highest BCUT2D eigenvalue weighted by molar-refractivity contribution is 5.79. The number of amides is 1. The van der Waals surface area contributed by atoms with Crippen LogP contribution in [-0.4, -0.2) is 34.6 Å². The molecule has 0 bridgehead atoms. The second-order valence-corrected chi connectivity index (χ2v) is 3.40. The monoisotopic (exact) mass is 155 g/mol. The summed E-state index contributed by atoms with van der Waals surface area (Å²) >= 11 is 0. The average molecular weight is 155 g/mol. The molecule has 0 aromatic carbocycles. The molecule has 2 rings (SSSR count). The lowest BCUT2D eigenvalue weighted by Gasteiger charge is -2.33. The van der Waals surface area contributed by atoms with Crippen molar-refractivity contribution < 1.29 is 9.90 Å². The first-order valence-electron chi connectivity index (χ1n) is 4.26. The maximum atomic E-state index is 11.2. The Hall–Kier alpha value is -0.570. The van der Waals surface area contributed by atoms with Gasteiger partial charge in [0.05, 0.1) is 12.1 Å². The van der Waals surface area contributed by atoms with Gasteiger partial charge in [-0.05, 0) is 19.3 Å². The van der Waals surface area contributed by atoms with E-state index in [4.69, 9.17) is 0 Å². The van der Waals surface area contributed by atoms with Gasteiger partial charge in [-0.25, -0.2) is 0 Å². The lowest BCUT2D eigenvalue weighted by molar-refractivity contribution is -0.132. The lowest BCUT2D eigenvalue weighted by atomic mass is 10.00. The SMILES string of the molecule is O=C1CCC2C(O)CCCN12. The van der Waals surface area contributed by atoms with Crippen LogP contribution < -0.4 is 0 Å². The van der Waals surface area contributed by atoms with Gasteiger partial charge in [0.2, 0.25) is 5.91 Å². The number of hydrogen-bond acceptors (Lipinski definition) is 2. The van der Waals surface area contributed by atoms with Gasteiger partial charge >= 0.3 is 0 Å². The third kappa shape index (κ3) is 1.03. The Morgan fingerprint density at radius 3 is 3.00 bits per heavy atom. The molecule has 0 aliphatic carbocycles. The van der Waals surface area contributed by atoms with Crippen molar-refractivity contribution in [1.29, 1.82) is 0 Å². The standard InChI is InChI=1S/C8H13NO2/c10-7-2-1-5-9-6(7)3-4-8(9)11/h6-7,10H,1-5H2. The molecule has 2 heterocycles. The molecular formula is C8H13NO2. The zero-order valence-electron chi connectivity index (χ0n) is 6.49. The second kappa shape index (κ2) is 2.48. The van der Waals surface area contributed by atoms with E-state index in [-0.39, 0.29) is 18.1 Å². The van der Waals surface area contributed by atoms with Gasteiger partial charge < -0.3 is 10.0 Å². The molecule has 62 valence electrons. The number of carbonyl (C=O) groups excluding carboxylic acids is 1. The second-order valence-electron chi connectivity index (χ2n) is 3.40. The zero-order valence-corrected chi connectivity index (χ0v) is 6.49. The number of piperidine rings is 1. The smallest absolute Gasteiger partial charge is 0.222 e. The molecule has 1 amide bonds. The molecule has 2 atom stereocenters. The van der Waals surface area contributed by atoms with Crippen LogP contribution in [-0.2, 0) is 4.79 Å². The number of fused-ring (bicyclic) bond motifs is 1. The molecule has 0 spiro atoms. The number of nitrogens with zero attached hydrogens (tertiary/aromatic N) is 1. The Balaban J connectivity index is 2.12. The van der Waals surface area contributed by atoms with Gasteiger partial charge in [-0.3, -0.25) is 4.79 Å². The van der Waals surface area contributed by atoms with E-state index in [0.717, 1.165) is 25.8 Å². The Morgan fingerprint density at radius 2 is 2.27 bits per heavy atom. The maximum Gasteiger partial charge on any atom is 0.222 e. The third-order valence-electron chi connectivity index (χ3n) is 2.72. The molecule has 11 heavy (non-hydrogen) atoms. The number of aliphatic hydroxyl groups is 1. The Labute approximate surface area is 66.0 Å². The first kappa shape index (κ1) is 7.10. The first-order valence-corrected chi connectivity index (χ1v) is 4.26. The first-order chi connectivity index (χ1) is 5.29. The summed E-state index contributed by atoms with van der Waals surface area (Å²) in [5.41, 5.74) is 0. The lowest BCUT2D eigenvalue weighted by Crippen LogP contribution is -2.45. The van der Waals surface area contributed by atoms with E-state index in [2.05, 4.69) is 0 Å². The summed E-state index contributed by atoms with van der Waals surface area (Å²) in [5, 5.41) is 9.50. The molecule has 0 saturated carbocycles. The fourth-order valence-electron chi connectivity index (χ4n) is 2.11. The molecule has 2 aliphatic rings. The van der Waals surface area contributed by atoms with Crippen LogP contribution >= 0.6 is 0 Å². The summed E-state index contributed by atoms with van der Waals surface area (Å²) < 4.78 is 0. The fourth-order valence-corrected chi connectivity index (χ4v) is 2.11. The average Bonchev–Trinajstić information content (AvgIpc) is 2.35. The molecule has 0 radical (unpaired) electrons. The molecule has 2 fully saturated rings. The fraction of sp³-hybridized carbons (Fsp3) is 0.875. The molecule has 0 aromatic heterocycles. The largest absolute Gasteiger partial charge is 0.391 e. The van der Waals surface area contributed by atoms with Crippen LogP contribution in [0.25, 0.3) is 0 Å². The van der Waals surface area contributed by atoms with Crippen LogP contribution in [0.2, 0.25) is 0 Å². The van der Waals surface area contributed by atoms with E-state index in [9.17, 15) is 9.90 Å². The minimum absolute atomic E-state index is 0.149.